The molecule has 1 N–H and O–H groups in total. The molecule has 9 nitrogen and oxygen atoms in total. The number of aromatic nitrogens is 5. The molecule has 3 rings (SSSR count). The smallest absolute Gasteiger partial charge is 0.351 e. The number of aryl methyl sites for hydroxylation is 1. The highest BCUT2D eigenvalue weighted by atomic mass is 16.2. The van der Waals surface area contributed by atoms with Gasteiger partial charge in [0.25, 0.3) is 0 Å². The second-order valence-electron chi connectivity index (χ2n) is 6.08. The van der Waals surface area contributed by atoms with Gasteiger partial charge in [0.15, 0.2) is 0 Å². The number of rotatable bonds is 6. The zero-order chi connectivity index (χ0) is 19.4. The fourth-order valence-corrected chi connectivity index (χ4v) is 2.60. The minimum absolute atomic E-state index is 0.0799. The normalized spacial score (nSPS) is 10.6. The van der Waals surface area contributed by atoms with Crippen LogP contribution >= 0.6 is 0 Å². The molecule has 140 valence electrons. The Morgan fingerprint density at radius 2 is 1.85 bits per heavy atom. The van der Waals surface area contributed by atoms with Gasteiger partial charge >= 0.3 is 5.69 Å². The molecule has 0 aliphatic carbocycles. The fourth-order valence-electron chi connectivity index (χ4n) is 2.60. The standard InChI is InChI=1S/C18H21N7O2/c1-13-22-25(15-7-5-4-6-8-15)18(27)24(13)12-16(26)23(3)11-14-9-20-17(19-2)21-10-14/h4-10H,11-12H2,1-3H3,(H,19,20,21). The maximum absolute atomic E-state index is 12.6. The molecule has 0 bridgehead atoms. The number of nitrogens with zero attached hydrogens (tertiary/aromatic N) is 6. The van der Waals surface area contributed by atoms with Crippen LogP contribution in [0.5, 0.6) is 0 Å². The highest BCUT2D eigenvalue weighted by Crippen LogP contribution is 2.06. The van der Waals surface area contributed by atoms with Gasteiger partial charge in [0.2, 0.25) is 11.9 Å². The van der Waals surface area contributed by atoms with Gasteiger partial charge in [-0.3, -0.25) is 9.36 Å². The Kier molecular flexibility index (Phi) is 5.30. The van der Waals surface area contributed by atoms with E-state index in [9.17, 15) is 9.59 Å². The minimum atomic E-state index is -0.345. The van der Waals surface area contributed by atoms with Gasteiger partial charge in [-0.05, 0) is 19.1 Å². The zero-order valence-corrected chi connectivity index (χ0v) is 15.5. The molecule has 1 amide bonds. The maximum atomic E-state index is 12.6. The molecule has 0 aliphatic rings. The number of hydrogen-bond donors (Lipinski definition) is 1. The first-order valence-corrected chi connectivity index (χ1v) is 8.44. The van der Waals surface area contributed by atoms with Crippen molar-refractivity contribution in [3.8, 4) is 5.69 Å². The molecular weight excluding hydrogens is 346 g/mol. The van der Waals surface area contributed by atoms with Crippen LogP contribution in [0.2, 0.25) is 0 Å². The van der Waals surface area contributed by atoms with E-state index in [0.29, 0.717) is 24.0 Å². The van der Waals surface area contributed by atoms with E-state index in [1.54, 1.807) is 45.5 Å². The van der Waals surface area contributed by atoms with Crippen LogP contribution in [0.25, 0.3) is 5.69 Å². The molecule has 0 saturated carbocycles. The average Bonchev–Trinajstić information content (AvgIpc) is 2.97. The summed E-state index contributed by atoms with van der Waals surface area (Å²) in [5, 5.41) is 7.11. The van der Waals surface area contributed by atoms with Crippen molar-refractivity contribution in [2.24, 2.45) is 0 Å². The number of carbonyl (C=O) groups is 1. The SMILES string of the molecule is CNc1ncc(CN(C)C(=O)Cn2c(C)nn(-c3ccccc3)c2=O)cn1. The number of carbonyl (C=O) groups excluding carboxylic acids is 1. The van der Waals surface area contributed by atoms with E-state index in [-0.39, 0.29) is 18.1 Å². The number of hydrogen-bond acceptors (Lipinski definition) is 6. The van der Waals surface area contributed by atoms with Crippen molar-refractivity contribution in [1.82, 2.24) is 29.2 Å². The minimum Gasteiger partial charge on any atom is -0.357 e. The van der Waals surface area contributed by atoms with Gasteiger partial charge in [-0.2, -0.15) is 9.78 Å². The molecule has 0 aliphatic heterocycles. The third kappa shape index (κ3) is 4.02. The van der Waals surface area contributed by atoms with E-state index in [1.165, 1.54) is 14.1 Å². The molecule has 0 saturated heterocycles. The van der Waals surface area contributed by atoms with Crippen molar-refractivity contribution >= 4 is 11.9 Å². The number of amides is 1. The Morgan fingerprint density at radius 3 is 2.48 bits per heavy atom. The quantitative estimate of drug-likeness (QED) is 0.693. The van der Waals surface area contributed by atoms with Gasteiger partial charge in [0.05, 0.1) is 5.69 Å². The third-order valence-corrected chi connectivity index (χ3v) is 4.12. The van der Waals surface area contributed by atoms with E-state index in [1.807, 2.05) is 18.2 Å². The molecule has 27 heavy (non-hydrogen) atoms. The van der Waals surface area contributed by atoms with E-state index in [4.69, 9.17) is 0 Å². The number of benzene rings is 1. The molecule has 9 heteroatoms. The summed E-state index contributed by atoms with van der Waals surface area (Å²) in [6, 6.07) is 9.11. The first kappa shape index (κ1) is 18.3. The molecule has 2 heterocycles. The lowest BCUT2D eigenvalue weighted by atomic mass is 10.3. The van der Waals surface area contributed by atoms with Crippen LogP contribution in [0.3, 0.4) is 0 Å². The number of para-hydroxylation sites is 1. The predicted octanol–water partition coefficient (Wildman–Crippen LogP) is 0.833. The van der Waals surface area contributed by atoms with Crippen molar-refractivity contribution in [2.75, 3.05) is 19.4 Å². The summed E-state index contributed by atoms with van der Waals surface area (Å²) in [5.41, 5.74) is 1.11. The lowest BCUT2D eigenvalue weighted by Crippen LogP contribution is -2.34. The molecule has 2 aromatic heterocycles. The molecule has 0 radical (unpaired) electrons. The average molecular weight is 367 g/mol. The van der Waals surface area contributed by atoms with Crippen LogP contribution in [0.1, 0.15) is 11.4 Å². The molecule has 0 atom stereocenters. The van der Waals surface area contributed by atoms with E-state index in [0.717, 1.165) is 5.56 Å². The van der Waals surface area contributed by atoms with Crippen molar-refractivity contribution in [1.29, 1.82) is 0 Å². The van der Waals surface area contributed by atoms with Gasteiger partial charge in [-0.15, -0.1) is 0 Å². The maximum Gasteiger partial charge on any atom is 0.351 e. The van der Waals surface area contributed by atoms with Crippen molar-refractivity contribution in [3.63, 3.8) is 0 Å². The lowest BCUT2D eigenvalue weighted by Gasteiger charge is -2.17. The van der Waals surface area contributed by atoms with E-state index in [2.05, 4.69) is 20.4 Å². The molecule has 0 spiro atoms. The Morgan fingerprint density at radius 1 is 1.19 bits per heavy atom. The number of anilines is 1. The largest absolute Gasteiger partial charge is 0.357 e. The van der Waals surface area contributed by atoms with Crippen LogP contribution in [0.4, 0.5) is 5.95 Å². The Hall–Kier alpha value is -3.49. The van der Waals surface area contributed by atoms with Crippen LogP contribution in [0, 0.1) is 6.92 Å². The topological polar surface area (TPSA) is 97.9 Å². The summed E-state index contributed by atoms with van der Waals surface area (Å²) in [4.78, 5) is 35.0. The summed E-state index contributed by atoms with van der Waals surface area (Å²) in [5.74, 6) is 0.793. The van der Waals surface area contributed by atoms with Crippen molar-refractivity contribution in [3.05, 3.63) is 64.6 Å². The number of likely N-dealkylation sites (N-methyl/N-ethyl adjacent to an activating group) is 1. The highest BCUT2D eigenvalue weighted by molar-refractivity contribution is 5.75. The van der Waals surface area contributed by atoms with Gasteiger partial charge in [-0.1, -0.05) is 18.2 Å². The third-order valence-electron chi connectivity index (χ3n) is 4.12. The van der Waals surface area contributed by atoms with E-state index >= 15 is 0 Å². The van der Waals surface area contributed by atoms with Gasteiger partial charge in [0, 0.05) is 38.6 Å². The Bertz CT molecular complexity index is 977. The summed E-state index contributed by atoms with van der Waals surface area (Å²) in [6.45, 7) is 1.98. The molecule has 3 aromatic rings. The molecule has 1 aromatic carbocycles. The Balaban J connectivity index is 1.73. The van der Waals surface area contributed by atoms with Gasteiger partial charge < -0.3 is 10.2 Å². The van der Waals surface area contributed by atoms with Crippen LogP contribution in [0.15, 0.2) is 47.5 Å². The Labute approximate surface area is 156 Å². The summed E-state index contributed by atoms with van der Waals surface area (Å²) in [7, 11) is 3.41. The van der Waals surface area contributed by atoms with Crippen LogP contribution in [-0.4, -0.2) is 49.2 Å². The molecule has 0 unspecified atom stereocenters. The summed E-state index contributed by atoms with van der Waals surface area (Å²) >= 11 is 0. The lowest BCUT2D eigenvalue weighted by molar-refractivity contribution is -0.131. The second kappa shape index (κ2) is 7.81. The molecule has 0 fully saturated rings. The fraction of sp³-hybridized carbons (Fsp3) is 0.278. The zero-order valence-electron chi connectivity index (χ0n) is 15.5. The molecular formula is C18H21N7O2. The van der Waals surface area contributed by atoms with Gasteiger partial charge in [0.1, 0.15) is 12.4 Å². The second-order valence-corrected chi connectivity index (χ2v) is 6.08. The van der Waals surface area contributed by atoms with Gasteiger partial charge in [-0.25, -0.2) is 14.8 Å². The van der Waals surface area contributed by atoms with Crippen molar-refractivity contribution in [2.45, 2.75) is 20.0 Å². The highest BCUT2D eigenvalue weighted by Gasteiger charge is 2.17. The monoisotopic (exact) mass is 367 g/mol. The van der Waals surface area contributed by atoms with E-state index < -0.39 is 0 Å². The predicted molar refractivity (Wildman–Crippen MR) is 101 cm³/mol. The van der Waals surface area contributed by atoms with Crippen LogP contribution < -0.4 is 11.0 Å². The van der Waals surface area contributed by atoms with Crippen molar-refractivity contribution < 1.29 is 4.79 Å². The summed E-state index contributed by atoms with van der Waals surface area (Å²) in [6.07, 6.45) is 3.32. The first-order valence-electron chi connectivity index (χ1n) is 8.44. The first-order chi connectivity index (χ1) is 13.0. The number of nitrogens with one attached hydrogen (secondary N) is 1. The summed E-state index contributed by atoms with van der Waals surface area (Å²) < 4.78 is 2.67. The van der Waals surface area contributed by atoms with Crippen LogP contribution in [-0.2, 0) is 17.9 Å².